The lowest BCUT2D eigenvalue weighted by Gasteiger charge is -2.25. The third-order valence-corrected chi connectivity index (χ3v) is 3.61. The minimum atomic E-state index is -1.38. The van der Waals surface area contributed by atoms with E-state index < -0.39 is 42.0 Å². The number of amides is 1. The quantitative estimate of drug-likeness (QED) is 0.555. The molecule has 0 heterocycles. The van der Waals surface area contributed by atoms with Gasteiger partial charge in [-0.05, 0) is 32.9 Å². The lowest BCUT2D eigenvalue weighted by molar-refractivity contribution is -0.0201. The topological polar surface area (TPSA) is 105 Å². The SMILES string of the molecule is CC(C)(C)OC(=O)N[C@]1(OC(=O)c2ccccc2)C[C@@H]1[C@H](O)CO. The molecule has 1 saturated carbocycles. The summed E-state index contributed by atoms with van der Waals surface area (Å²) in [5.41, 5.74) is -1.77. The van der Waals surface area contributed by atoms with Crippen LogP contribution >= 0.6 is 0 Å². The Kier molecular flexibility index (Phi) is 5.15. The molecule has 7 nitrogen and oxygen atoms in total. The minimum absolute atomic E-state index is 0.201. The van der Waals surface area contributed by atoms with Crippen molar-refractivity contribution in [2.45, 2.75) is 44.6 Å². The largest absolute Gasteiger partial charge is 0.444 e. The smallest absolute Gasteiger partial charge is 0.410 e. The van der Waals surface area contributed by atoms with E-state index in [1.807, 2.05) is 0 Å². The van der Waals surface area contributed by atoms with Crippen molar-refractivity contribution in [2.75, 3.05) is 6.61 Å². The Morgan fingerprint density at radius 2 is 1.96 bits per heavy atom. The fraction of sp³-hybridized carbons (Fsp3) is 0.529. The third kappa shape index (κ3) is 4.46. The molecule has 0 bridgehead atoms. The van der Waals surface area contributed by atoms with Crippen molar-refractivity contribution < 1.29 is 29.3 Å². The number of esters is 1. The normalized spacial score (nSPS) is 24.0. The van der Waals surface area contributed by atoms with Gasteiger partial charge in [0.25, 0.3) is 0 Å². The number of hydrogen-bond acceptors (Lipinski definition) is 6. The zero-order valence-electron chi connectivity index (χ0n) is 14.0. The molecule has 1 aliphatic rings. The summed E-state index contributed by atoms with van der Waals surface area (Å²) in [6.45, 7) is 4.64. The third-order valence-electron chi connectivity index (χ3n) is 3.61. The zero-order valence-corrected chi connectivity index (χ0v) is 14.0. The van der Waals surface area contributed by atoms with Gasteiger partial charge in [0.05, 0.1) is 24.2 Å². The van der Waals surface area contributed by atoms with Gasteiger partial charge >= 0.3 is 12.1 Å². The maximum Gasteiger partial charge on any atom is 0.410 e. The maximum absolute atomic E-state index is 12.3. The van der Waals surface area contributed by atoms with Crippen LogP contribution in [0.1, 0.15) is 37.6 Å². The highest BCUT2D eigenvalue weighted by molar-refractivity contribution is 5.90. The second kappa shape index (κ2) is 6.78. The van der Waals surface area contributed by atoms with Gasteiger partial charge in [-0.3, -0.25) is 5.32 Å². The molecular formula is C17H23NO6. The molecule has 0 spiro atoms. The number of rotatable bonds is 5. The molecule has 1 amide bonds. The van der Waals surface area contributed by atoms with E-state index in [0.717, 1.165) is 0 Å². The van der Waals surface area contributed by atoms with E-state index in [1.165, 1.54) is 0 Å². The van der Waals surface area contributed by atoms with Gasteiger partial charge in [-0.2, -0.15) is 0 Å². The first-order chi connectivity index (χ1) is 11.2. The van der Waals surface area contributed by atoms with Gasteiger partial charge in [-0.15, -0.1) is 0 Å². The molecule has 0 aliphatic heterocycles. The van der Waals surface area contributed by atoms with Crippen LogP contribution in [0.15, 0.2) is 30.3 Å². The molecule has 2 rings (SSSR count). The van der Waals surface area contributed by atoms with Crippen LogP contribution in [0.25, 0.3) is 0 Å². The maximum atomic E-state index is 12.3. The molecule has 1 aromatic carbocycles. The molecule has 3 atom stereocenters. The molecule has 132 valence electrons. The fourth-order valence-corrected chi connectivity index (χ4v) is 2.40. The van der Waals surface area contributed by atoms with Gasteiger partial charge in [-0.1, -0.05) is 18.2 Å². The van der Waals surface area contributed by atoms with Crippen LogP contribution in [0.3, 0.4) is 0 Å². The molecule has 3 N–H and O–H groups in total. The lowest BCUT2D eigenvalue weighted by Crippen LogP contribution is -2.46. The molecule has 24 heavy (non-hydrogen) atoms. The molecular weight excluding hydrogens is 314 g/mol. The van der Waals surface area contributed by atoms with Crippen LogP contribution in [0.4, 0.5) is 4.79 Å². The van der Waals surface area contributed by atoms with Gasteiger partial charge in [0.1, 0.15) is 5.60 Å². The molecule has 7 heteroatoms. The molecule has 0 radical (unpaired) electrons. The second-order valence-electron chi connectivity index (χ2n) is 6.83. The highest BCUT2D eigenvalue weighted by atomic mass is 16.6. The van der Waals surface area contributed by atoms with Crippen molar-refractivity contribution in [3.05, 3.63) is 35.9 Å². The molecule has 1 aromatic rings. The van der Waals surface area contributed by atoms with Crippen molar-refractivity contribution >= 4 is 12.1 Å². The lowest BCUT2D eigenvalue weighted by atomic mass is 10.2. The molecule has 0 saturated heterocycles. The van der Waals surface area contributed by atoms with E-state index >= 15 is 0 Å². The first-order valence-corrected chi connectivity index (χ1v) is 7.75. The van der Waals surface area contributed by atoms with Crippen molar-refractivity contribution in [2.24, 2.45) is 5.92 Å². The highest BCUT2D eigenvalue weighted by Crippen LogP contribution is 2.47. The number of aliphatic hydroxyl groups excluding tert-OH is 2. The van der Waals surface area contributed by atoms with E-state index in [0.29, 0.717) is 5.56 Å². The molecule has 0 aromatic heterocycles. The predicted molar refractivity (Wildman–Crippen MR) is 85.2 cm³/mol. The van der Waals surface area contributed by atoms with Gasteiger partial charge in [0.15, 0.2) is 5.72 Å². The Labute approximate surface area is 140 Å². The van der Waals surface area contributed by atoms with Gasteiger partial charge in [0, 0.05) is 6.42 Å². The van der Waals surface area contributed by atoms with Gasteiger partial charge < -0.3 is 19.7 Å². The number of carbonyl (C=O) groups is 2. The summed E-state index contributed by atoms with van der Waals surface area (Å²) < 4.78 is 10.6. The van der Waals surface area contributed by atoms with Crippen LogP contribution in [0.2, 0.25) is 0 Å². The monoisotopic (exact) mass is 337 g/mol. The van der Waals surface area contributed by atoms with Crippen molar-refractivity contribution in [1.82, 2.24) is 5.32 Å². The number of hydrogen-bond donors (Lipinski definition) is 3. The van der Waals surface area contributed by atoms with Crippen molar-refractivity contribution in [1.29, 1.82) is 0 Å². The Bertz CT molecular complexity index is 597. The first-order valence-electron chi connectivity index (χ1n) is 7.75. The van der Waals surface area contributed by atoms with Gasteiger partial charge in [0.2, 0.25) is 0 Å². The number of alkyl carbamates (subject to hydrolysis) is 1. The molecule has 1 aliphatic carbocycles. The summed E-state index contributed by atoms with van der Waals surface area (Å²) >= 11 is 0. The Morgan fingerprint density at radius 3 is 2.50 bits per heavy atom. The first kappa shape index (κ1) is 18.2. The van der Waals surface area contributed by atoms with Crippen LogP contribution in [-0.4, -0.2) is 46.3 Å². The Hall–Kier alpha value is -2.12. The summed E-state index contributed by atoms with van der Waals surface area (Å²) in [5, 5.41) is 21.5. The second-order valence-corrected chi connectivity index (χ2v) is 6.83. The number of ether oxygens (including phenoxy) is 2. The molecule has 0 unspecified atom stereocenters. The number of benzene rings is 1. The number of carbonyl (C=O) groups excluding carboxylic acids is 2. The average Bonchev–Trinajstić information content (AvgIpc) is 3.18. The fourth-order valence-electron chi connectivity index (χ4n) is 2.40. The summed E-state index contributed by atoms with van der Waals surface area (Å²) in [6, 6.07) is 8.32. The van der Waals surface area contributed by atoms with E-state index in [9.17, 15) is 14.7 Å². The number of aliphatic hydroxyl groups is 2. The van der Waals surface area contributed by atoms with Crippen LogP contribution < -0.4 is 5.32 Å². The Morgan fingerprint density at radius 1 is 1.33 bits per heavy atom. The van der Waals surface area contributed by atoms with Crippen molar-refractivity contribution in [3.8, 4) is 0 Å². The summed E-state index contributed by atoms with van der Waals surface area (Å²) in [4.78, 5) is 24.3. The van der Waals surface area contributed by atoms with Gasteiger partial charge in [-0.25, -0.2) is 9.59 Å². The van der Waals surface area contributed by atoms with Crippen LogP contribution in [0, 0.1) is 5.92 Å². The Balaban J connectivity index is 2.11. The van der Waals surface area contributed by atoms with Crippen molar-refractivity contribution in [3.63, 3.8) is 0 Å². The molecule has 1 fully saturated rings. The highest BCUT2D eigenvalue weighted by Gasteiger charge is 2.63. The van der Waals surface area contributed by atoms with Crippen LogP contribution in [-0.2, 0) is 9.47 Å². The predicted octanol–water partition coefficient (Wildman–Crippen LogP) is 1.44. The summed E-state index contributed by atoms with van der Waals surface area (Å²) in [7, 11) is 0. The van der Waals surface area contributed by atoms with Crippen LogP contribution in [0.5, 0.6) is 0 Å². The standard InChI is InChI=1S/C17H23NO6/c1-16(2,3)24-15(22)18-17(9-12(17)13(20)10-19)23-14(21)11-7-5-4-6-8-11/h4-8,12-13,19-20H,9-10H2,1-3H3,(H,18,22)/t12-,13-,17+/m1/s1. The van der Waals surface area contributed by atoms with E-state index in [-0.39, 0.29) is 6.42 Å². The summed E-state index contributed by atoms with van der Waals surface area (Å²) in [5.74, 6) is -1.22. The average molecular weight is 337 g/mol. The minimum Gasteiger partial charge on any atom is -0.444 e. The summed E-state index contributed by atoms with van der Waals surface area (Å²) in [6.07, 6.45) is -1.66. The van der Waals surface area contributed by atoms with E-state index in [4.69, 9.17) is 14.6 Å². The van der Waals surface area contributed by atoms with E-state index in [1.54, 1.807) is 51.1 Å². The zero-order chi connectivity index (χ0) is 18.0. The van der Waals surface area contributed by atoms with E-state index in [2.05, 4.69) is 5.32 Å². The number of nitrogens with one attached hydrogen (secondary N) is 1.